The van der Waals surface area contributed by atoms with E-state index in [-0.39, 0.29) is 6.10 Å². The lowest BCUT2D eigenvalue weighted by Crippen LogP contribution is -2.23. The van der Waals surface area contributed by atoms with Gasteiger partial charge >= 0.3 is 0 Å². The fourth-order valence-electron chi connectivity index (χ4n) is 2.21. The molecule has 0 aromatic rings. The van der Waals surface area contributed by atoms with Gasteiger partial charge in [0.05, 0.1) is 19.3 Å². The van der Waals surface area contributed by atoms with E-state index >= 15 is 0 Å². The molecule has 0 saturated heterocycles. The Morgan fingerprint density at radius 2 is 1.33 bits per heavy atom. The van der Waals surface area contributed by atoms with Crippen molar-refractivity contribution in [3.63, 3.8) is 0 Å². The number of hydrogen-bond donors (Lipinski definition) is 1. The third kappa shape index (κ3) is 17.8. The Hall–Kier alpha value is -0.120. The zero-order valence-corrected chi connectivity index (χ0v) is 14.8. The minimum atomic E-state index is -0.492. The molecule has 0 amide bonds. The van der Waals surface area contributed by atoms with Crippen LogP contribution in [0.25, 0.3) is 0 Å². The van der Waals surface area contributed by atoms with Gasteiger partial charge in [-0.1, -0.05) is 58.8 Å². The van der Waals surface area contributed by atoms with Crippen LogP contribution in [-0.4, -0.2) is 37.1 Å². The smallest absolute Gasteiger partial charge is 0.101 e. The Balaban J connectivity index is 3.12. The molecule has 0 radical (unpaired) electrons. The number of hydrogen-bond acceptors (Lipinski definition) is 3. The maximum absolute atomic E-state index is 9.61. The maximum atomic E-state index is 9.61. The van der Waals surface area contributed by atoms with Crippen molar-refractivity contribution in [1.82, 2.24) is 0 Å². The minimum absolute atomic E-state index is 0.167. The first-order valence-corrected chi connectivity index (χ1v) is 8.89. The second kappa shape index (κ2) is 14.8. The van der Waals surface area contributed by atoms with E-state index in [4.69, 9.17) is 9.47 Å². The van der Waals surface area contributed by atoms with Crippen molar-refractivity contribution in [1.29, 1.82) is 0 Å². The van der Waals surface area contributed by atoms with E-state index in [0.29, 0.717) is 13.2 Å². The lowest BCUT2D eigenvalue weighted by molar-refractivity contribution is -0.0359. The summed E-state index contributed by atoms with van der Waals surface area (Å²) in [4.78, 5) is 0. The van der Waals surface area contributed by atoms with E-state index < -0.39 is 6.10 Å². The normalized spacial score (nSPS) is 13.3. The van der Waals surface area contributed by atoms with E-state index in [1.54, 1.807) is 0 Å². The fourth-order valence-corrected chi connectivity index (χ4v) is 2.21. The monoisotopic (exact) mass is 302 g/mol. The van der Waals surface area contributed by atoms with E-state index in [0.717, 1.165) is 18.9 Å². The molecule has 3 nitrogen and oxygen atoms in total. The van der Waals surface area contributed by atoms with Crippen molar-refractivity contribution in [2.24, 2.45) is 5.92 Å². The molecule has 0 saturated carbocycles. The van der Waals surface area contributed by atoms with Gasteiger partial charge in [-0.25, -0.2) is 0 Å². The molecule has 0 aliphatic heterocycles. The quantitative estimate of drug-likeness (QED) is 0.450. The molecule has 0 bridgehead atoms. The van der Waals surface area contributed by atoms with Gasteiger partial charge in [0.2, 0.25) is 0 Å². The van der Waals surface area contributed by atoms with Crippen LogP contribution in [0.2, 0.25) is 0 Å². The summed E-state index contributed by atoms with van der Waals surface area (Å²) >= 11 is 0. The molecule has 0 spiro atoms. The highest BCUT2D eigenvalue weighted by atomic mass is 16.5. The highest BCUT2D eigenvalue weighted by Gasteiger charge is 2.05. The molecule has 0 fully saturated rings. The lowest BCUT2D eigenvalue weighted by atomic mass is 10.0. The third-order valence-corrected chi connectivity index (χ3v) is 3.50. The first kappa shape index (κ1) is 20.9. The van der Waals surface area contributed by atoms with Crippen molar-refractivity contribution >= 4 is 0 Å². The maximum Gasteiger partial charge on any atom is 0.101 e. The van der Waals surface area contributed by atoms with Crippen LogP contribution < -0.4 is 0 Å². The summed E-state index contributed by atoms with van der Waals surface area (Å²) in [7, 11) is 0. The molecular weight excluding hydrogens is 264 g/mol. The van der Waals surface area contributed by atoms with Crippen LogP contribution >= 0.6 is 0 Å². The summed E-state index contributed by atoms with van der Waals surface area (Å²) in [5.41, 5.74) is 0. The van der Waals surface area contributed by atoms with Crippen LogP contribution in [-0.2, 0) is 9.47 Å². The fraction of sp³-hybridized carbons (Fsp3) is 1.00. The van der Waals surface area contributed by atoms with Crippen LogP contribution in [0.3, 0.4) is 0 Å². The number of ether oxygens (including phenoxy) is 2. The molecule has 0 aliphatic rings. The first-order valence-electron chi connectivity index (χ1n) is 8.89. The highest BCUT2D eigenvalue weighted by molar-refractivity contribution is 4.53. The number of unbranched alkanes of at least 4 members (excludes halogenated alkanes) is 6. The molecule has 3 heteroatoms. The second-order valence-electron chi connectivity index (χ2n) is 6.77. The van der Waals surface area contributed by atoms with Crippen LogP contribution in [0.4, 0.5) is 0 Å². The van der Waals surface area contributed by atoms with Crippen LogP contribution in [0.5, 0.6) is 0 Å². The molecule has 0 aromatic carbocycles. The molecule has 1 unspecified atom stereocenters. The van der Waals surface area contributed by atoms with Crippen molar-refractivity contribution < 1.29 is 14.6 Å². The molecule has 0 heterocycles. The van der Waals surface area contributed by atoms with E-state index in [1.165, 1.54) is 44.9 Å². The molecule has 21 heavy (non-hydrogen) atoms. The topological polar surface area (TPSA) is 38.7 Å². The average molecular weight is 302 g/mol. The Labute approximate surface area is 132 Å². The van der Waals surface area contributed by atoms with Gasteiger partial charge in [-0.15, -0.1) is 0 Å². The van der Waals surface area contributed by atoms with Crippen molar-refractivity contribution in [2.75, 3.05) is 19.8 Å². The van der Waals surface area contributed by atoms with Crippen molar-refractivity contribution in [3.05, 3.63) is 0 Å². The average Bonchev–Trinajstić information content (AvgIpc) is 2.42. The van der Waals surface area contributed by atoms with Gasteiger partial charge in [0.25, 0.3) is 0 Å². The molecule has 0 rings (SSSR count). The predicted molar refractivity (Wildman–Crippen MR) is 89.7 cm³/mol. The van der Waals surface area contributed by atoms with Gasteiger partial charge in [-0.05, 0) is 26.2 Å². The van der Waals surface area contributed by atoms with Crippen LogP contribution in [0.1, 0.15) is 79.1 Å². The summed E-state index contributed by atoms with van der Waals surface area (Å²) in [5, 5.41) is 9.61. The number of aliphatic hydroxyl groups excluding tert-OH is 1. The van der Waals surface area contributed by atoms with Crippen molar-refractivity contribution in [2.45, 2.75) is 91.3 Å². The largest absolute Gasteiger partial charge is 0.388 e. The first-order chi connectivity index (χ1) is 10.0. The standard InChI is InChI=1S/C18H38O3/c1-16(2)12-10-8-6-5-7-9-11-13-20-14-18(19)15-21-17(3)4/h16-19H,5-15H2,1-4H3. The van der Waals surface area contributed by atoms with Crippen molar-refractivity contribution in [3.8, 4) is 0 Å². The third-order valence-electron chi connectivity index (χ3n) is 3.50. The van der Waals surface area contributed by atoms with Crippen LogP contribution in [0.15, 0.2) is 0 Å². The van der Waals surface area contributed by atoms with Gasteiger partial charge in [-0.2, -0.15) is 0 Å². The zero-order valence-electron chi connectivity index (χ0n) is 14.8. The summed E-state index contributed by atoms with van der Waals surface area (Å²) < 4.78 is 10.8. The molecule has 0 aliphatic carbocycles. The highest BCUT2D eigenvalue weighted by Crippen LogP contribution is 2.12. The molecule has 1 atom stereocenters. The molecular formula is C18H38O3. The Morgan fingerprint density at radius 3 is 1.90 bits per heavy atom. The van der Waals surface area contributed by atoms with Gasteiger partial charge < -0.3 is 14.6 Å². The summed E-state index contributed by atoms with van der Waals surface area (Å²) in [6.45, 7) is 10.0. The molecule has 0 aromatic heterocycles. The van der Waals surface area contributed by atoms with Gasteiger partial charge in [0.1, 0.15) is 6.10 Å². The Kier molecular flexibility index (Phi) is 14.7. The Bertz CT molecular complexity index is 205. The zero-order chi connectivity index (χ0) is 15.9. The predicted octanol–water partition coefficient (Wildman–Crippen LogP) is 4.57. The minimum Gasteiger partial charge on any atom is -0.388 e. The van der Waals surface area contributed by atoms with E-state index in [1.807, 2.05) is 13.8 Å². The van der Waals surface area contributed by atoms with E-state index in [2.05, 4.69) is 13.8 Å². The Morgan fingerprint density at radius 1 is 0.762 bits per heavy atom. The van der Waals surface area contributed by atoms with Gasteiger partial charge in [0.15, 0.2) is 0 Å². The number of aliphatic hydroxyl groups is 1. The van der Waals surface area contributed by atoms with Crippen LogP contribution in [0, 0.1) is 5.92 Å². The SMILES string of the molecule is CC(C)CCCCCCCCCOCC(O)COC(C)C. The number of rotatable bonds is 15. The summed E-state index contributed by atoms with van der Waals surface area (Å²) in [6.07, 6.45) is 10.2. The van der Waals surface area contributed by atoms with Gasteiger partial charge in [-0.3, -0.25) is 0 Å². The van der Waals surface area contributed by atoms with E-state index in [9.17, 15) is 5.11 Å². The molecule has 1 N–H and O–H groups in total. The van der Waals surface area contributed by atoms with Gasteiger partial charge in [0, 0.05) is 6.61 Å². The lowest BCUT2D eigenvalue weighted by Gasteiger charge is -2.13. The second-order valence-corrected chi connectivity index (χ2v) is 6.77. The summed E-state index contributed by atoms with van der Waals surface area (Å²) in [5.74, 6) is 0.850. The molecule has 128 valence electrons. The summed E-state index contributed by atoms with van der Waals surface area (Å²) in [6, 6.07) is 0.